The number of nitrogens with one attached hydrogen (secondary N) is 1. The Balaban J connectivity index is 3.09. The van der Waals surface area contributed by atoms with Crippen molar-refractivity contribution in [3.05, 3.63) is 23.5 Å². The van der Waals surface area contributed by atoms with Gasteiger partial charge in [0.15, 0.2) is 0 Å². The van der Waals surface area contributed by atoms with Gasteiger partial charge in [-0.05, 0) is 37.8 Å². The van der Waals surface area contributed by atoms with Crippen LogP contribution in [0.5, 0.6) is 0 Å². The zero-order valence-corrected chi connectivity index (χ0v) is 12.7. The van der Waals surface area contributed by atoms with Crippen LogP contribution >= 0.6 is 0 Å². The number of aromatic carboxylic acids is 1. The Kier molecular flexibility index (Phi) is 4.32. The second-order valence-corrected chi connectivity index (χ2v) is 6.97. The molecule has 20 heavy (non-hydrogen) atoms. The summed E-state index contributed by atoms with van der Waals surface area (Å²) in [6.45, 7) is 10.2. The first-order valence-corrected chi connectivity index (χ1v) is 6.52. The van der Waals surface area contributed by atoms with Gasteiger partial charge in [-0.15, -0.1) is 0 Å². The molecule has 4 nitrogen and oxygen atoms in total. The molecule has 5 heteroatoms. The third-order valence-electron chi connectivity index (χ3n) is 2.81. The van der Waals surface area contributed by atoms with E-state index in [-0.39, 0.29) is 27.9 Å². The van der Waals surface area contributed by atoms with Crippen molar-refractivity contribution in [1.29, 1.82) is 0 Å². The summed E-state index contributed by atoms with van der Waals surface area (Å²) in [6.07, 6.45) is 0.798. The van der Waals surface area contributed by atoms with Gasteiger partial charge in [0.1, 0.15) is 5.82 Å². The molecule has 0 aliphatic rings. The second-order valence-electron chi connectivity index (χ2n) is 6.97. The van der Waals surface area contributed by atoms with Crippen LogP contribution in [0.3, 0.4) is 0 Å². The van der Waals surface area contributed by atoms with Crippen LogP contribution < -0.4 is 11.1 Å². The highest BCUT2D eigenvalue weighted by Crippen LogP contribution is 2.31. The molecular weight excluding hydrogens is 259 g/mol. The van der Waals surface area contributed by atoms with E-state index in [1.165, 1.54) is 6.07 Å². The van der Waals surface area contributed by atoms with Gasteiger partial charge in [0.25, 0.3) is 0 Å². The molecule has 0 amide bonds. The Morgan fingerprint density at radius 2 is 1.85 bits per heavy atom. The monoisotopic (exact) mass is 282 g/mol. The SMILES string of the molecule is CC(C)(C)CC(C)(C)Nc1cc(C(=O)O)c(N)cc1F. The lowest BCUT2D eigenvalue weighted by atomic mass is 9.81. The summed E-state index contributed by atoms with van der Waals surface area (Å²) in [6, 6.07) is 2.29. The summed E-state index contributed by atoms with van der Waals surface area (Å²) in [5.74, 6) is -1.71. The number of nitrogen functional groups attached to an aromatic ring is 1. The first-order chi connectivity index (χ1) is 8.91. The molecule has 0 aliphatic carbocycles. The zero-order chi connectivity index (χ0) is 15.7. The predicted octanol–water partition coefficient (Wildman–Crippen LogP) is 3.73. The molecule has 1 rings (SSSR count). The first kappa shape index (κ1) is 16.3. The Bertz CT molecular complexity index is 519. The molecule has 0 unspecified atom stereocenters. The number of nitrogens with two attached hydrogens (primary N) is 1. The van der Waals surface area contributed by atoms with Crippen LogP contribution in [0.15, 0.2) is 12.1 Å². The Labute approximate surface area is 119 Å². The summed E-state index contributed by atoms with van der Waals surface area (Å²) in [5.41, 5.74) is 5.19. The summed E-state index contributed by atoms with van der Waals surface area (Å²) in [7, 11) is 0. The fourth-order valence-corrected chi connectivity index (χ4v) is 2.60. The Hall–Kier alpha value is -1.78. The number of halogens is 1. The van der Waals surface area contributed by atoms with Crippen molar-refractivity contribution < 1.29 is 14.3 Å². The van der Waals surface area contributed by atoms with Crippen molar-refractivity contribution in [3.63, 3.8) is 0 Å². The average Bonchev–Trinajstić information content (AvgIpc) is 2.17. The summed E-state index contributed by atoms with van der Waals surface area (Å²) >= 11 is 0. The number of benzene rings is 1. The molecular formula is C15H23FN2O2. The van der Waals surface area contributed by atoms with Gasteiger partial charge < -0.3 is 16.2 Å². The molecule has 0 heterocycles. The van der Waals surface area contributed by atoms with Crippen LogP contribution in [0.25, 0.3) is 0 Å². The van der Waals surface area contributed by atoms with E-state index in [0.717, 1.165) is 12.5 Å². The van der Waals surface area contributed by atoms with Gasteiger partial charge in [-0.25, -0.2) is 9.18 Å². The van der Waals surface area contributed by atoms with Crippen molar-refractivity contribution in [1.82, 2.24) is 0 Å². The van der Waals surface area contributed by atoms with Gasteiger partial charge in [0, 0.05) is 11.2 Å². The molecule has 0 atom stereocenters. The molecule has 1 aromatic carbocycles. The van der Waals surface area contributed by atoms with Crippen molar-refractivity contribution in [2.45, 2.75) is 46.6 Å². The zero-order valence-electron chi connectivity index (χ0n) is 12.7. The molecule has 1 aromatic rings. The van der Waals surface area contributed by atoms with Gasteiger partial charge in [-0.2, -0.15) is 0 Å². The van der Waals surface area contributed by atoms with E-state index in [2.05, 4.69) is 26.1 Å². The van der Waals surface area contributed by atoms with E-state index in [4.69, 9.17) is 10.8 Å². The van der Waals surface area contributed by atoms with Crippen LogP contribution in [0, 0.1) is 11.2 Å². The standard InChI is InChI=1S/C15H23FN2O2/c1-14(2,3)8-15(4,5)18-12-6-9(13(19)20)11(17)7-10(12)16/h6-7,18H,8,17H2,1-5H3,(H,19,20). The van der Waals surface area contributed by atoms with Crippen LogP contribution in [-0.2, 0) is 0 Å². The molecule has 0 saturated heterocycles. The highest BCUT2D eigenvalue weighted by Gasteiger charge is 2.26. The minimum absolute atomic E-state index is 0.0659. The number of carboxylic acid groups (broad SMARTS) is 1. The van der Waals surface area contributed by atoms with Gasteiger partial charge in [-0.3, -0.25) is 0 Å². The number of anilines is 2. The summed E-state index contributed by atoms with van der Waals surface area (Å²) in [5, 5.41) is 12.1. The molecule has 0 saturated carbocycles. The van der Waals surface area contributed by atoms with Crippen molar-refractivity contribution in [2.75, 3.05) is 11.1 Å². The highest BCUT2D eigenvalue weighted by atomic mass is 19.1. The van der Waals surface area contributed by atoms with Crippen LogP contribution in [0.2, 0.25) is 0 Å². The van der Waals surface area contributed by atoms with E-state index in [0.29, 0.717) is 0 Å². The lowest BCUT2D eigenvalue weighted by Gasteiger charge is -2.34. The van der Waals surface area contributed by atoms with Gasteiger partial charge in [0.2, 0.25) is 0 Å². The second kappa shape index (κ2) is 5.31. The molecule has 0 spiro atoms. The number of carboxylic acids is 1. The molecule has 0 fully saturated rings. The number of rotatable bonds is 4. The van der Waals surface area contributed by atoms with Gasteiger partial charge in [-0.1, -0.05) is 20.8 Å². The highest BCUT2D eigenvalue weighted by molar-refractivity contribution is 5.94. The number of hydrogen-bond acceptors (Lipinski definition) is 3. The summed E-state index contributed by atoms with van der Waals surface area (Å²) < 4.78 is 13.9. The first-order valence-electron chi connectivity index (χ1n) is 6.52. The minimum atomic E-state index is -1.17. The fraction of sp³-hybridized carbons (Fsp3) is 0.533. The van der Waals surface area contributed by atoms with Crippen molar-refractivity contribution in [3.8, 4) is 0 Å². The number of carbonyl (C=O) groups is 1. The molecule has 0 bridgehead atoms. The smallest absolute Gasteiger partial charge is 0.337 e. The quantitative estimate of drug-likeness (QED) is 0.735. The molecule has 0 aliphatic heterocycles. The number of hydrogen-bond donors (Lipinski definition) is 3. The third-order valence-corrected chi connectivity index (χ3v) is 2.81. The maximum absolute atomic E-state index is 13.9. The van der Waals surface area contributed by atoms with Gasteiger partial charge in [0.05, 0.1) is 11.3 Å². The molecule has 112 valence electrons. The lowest BCUT2D eigenvalue weighted by Crippen LogP contribution is -2.35. The van der Waals surface area contributed by atoms with E-state index < -0.39 is 11.8 Å². The summed E-state index contributed by atoms with van der Waals surface area (Å²) in [4.78, 5) is 11.0. The van der Waals surface area contributed by atoms with Crippen LogP contribution in [0.4, 0.5) is 15.8 Å². The van der Waals surface area contributed by atoms with E-state index in [1.54, 1.807) is 0 Å². The topological polar surface area (TPSA) is 75.3 Å². The molecule has 0 aromatic heterocycles. The van der Waals surface area contributed by atoms with E-state index >= 15 is 0 Å². The fourth-order valence-electron chi connectivity index (χ4n) is 2.60. The minimum Gasteiger partial charge on any atom is -0.478 e. The lowest BCUT2D eigenvalue weighted by molar-refractivity contribution is 0.0698. The Morgan fingerprint density at radius 3 is 2.30 bits per heavy atom. The van der Waals surface area contributed by atoms with Crippen molar-refractivity contribution in [2.24, 2.45) is 5.41 Å². The van der Waals surface area contributed by atoms with Gasteiger partial charge >= 0.3 is 5.97 Å². The van der Waals surface area contributed by atoms with E-state index in [1.807, 2.05) is 13.8 Å². The molecule has 4 N–H and O–H groups in total. The normalized spacial score (nSPS) is 12.3. The van der Waals surface area contributed by atoms with E-state index in [9.17, 15) is 9.18 Å². The molecule has 0 radical (unpaired) electrons. The van der Waals surface area contributed by atoms with Crippen molar-refractivity contribution >= 4 is 17.3 Å². The Morgan fingerprint density at radius 1 is 1.30 bits per heavy atom. The van der Waals surface area contributed by atoms with Crippen LogP contribution in [-0.4, -0.2) is 16.6 Å². The maximum Gasteiger partial charge on any atom is 0.337 e. The van der Waals surface area contributed by atoms with Crippen LogP contribution in [0.1, 0.15) is 51.4 Å². The average molecular weight is 282 g/mol. The predicted molar refractivity (Wildman–Crippen MR) is 79.5 cm³/mol. The largest absolute Gasteiger partial charge is 0.478 e. The third kappa shape index (κ3) is 4.40. The maximum atomic E-state index is 13.9.